The summed E-state index contributed by atoms with van der Waals surface area (Å²) in [5.74, 6) is 0. The fourth-order valence-electron chi connectivity index (χ4n) is 1.76. The van der Waals surface area contributed by atoms with Crippen molar-refractivity contribution in [2.24, 2.45) is 0 Å². The van der Waals surface area contributed by atoms with Gasteiger partial charge in [0.25, 0.3) is 5.56 Å². The molecular weight excluding hydrogens is 162 g/mol. The zero-order valence-electron chi connectivity index (χ0n) is 7.98. The van der Waals surface area contributed by atoms with Gasteiger partial charge in [-0.1, -0.05) is 11.1 Å². The van der Waals surface area contributed by atoms with Crippen molar-refractivity contribution in [1.29, 1.82) is 0 Å². The quantitative estimate of drug-likeness (QED) is 0.599. The van der Waals surface area contributed by atoms with Crippen LogP contribution in [0.4, 0.5) is 0 Å². The summed E-state index contributed by atoms with van der Waals surface area (Å²) in [5, 5.41) is 0. The van der Waals surface area contributed by atoms with E-state index in [4.69, 9.17) is 0 Å². The first-order valence-corrected chi connectivity index (χ1v) is 4.53. The first-order chi connectivity index (χ1) is 6.18. The molecule has 1 aliphatic carbocycles. The van der Waals surface area contributed by atoms with Gasteiger partial charge in [-0.2, -0.15) is 0 Å². The zero-order valence-corrected chi connectivity index (χ0v) is 7.98. The summed E-state index contributed by atoms with van der Waals surface area (Å²) in [4.78, 5) is 14.2. The fourth-order valence-corrected chi connectivity index (χ4v) is 1.76. The van der Waals surface area contributed by atoms with Crippen molar-refractivity contribution in [3.63, 3.8) is 0 Å². The molecule has 0 fully saturated rings. The van der Waals surface area contributed by atoms with E-state index >= 15 is 0 Å². The molecule has 2 heteroatoms. The highest BCUT2D eigenvalue weighted by molar-refractivity contribution is 5.37. The van der Waals surface area contributed by atoms with E-state index in [1.165, 1.54) is 16.7 Å². The molecule has 0 spiro atoms. The summed E-state index contributed by atoms with van der Waals surface area (Å²) < 4.78 is 0. The van der Waals surface area contributed by atoms with Gasteiger partial charge in [-0.25, -0.2) is 0 Å². The molecule has 2 nitrogen and oxygen atoms in total. The Morgan fingerprint density at radius 2 is 1.92 bits per heavy atom. The number of hydrogen-bond donors (Lipinski definition) is 1. The van der Waals surface area contributed by atoms with E-state index in [9.17, 15) is 4.79 Å². The van der Waals surface area contributed by atoms with E-state index < -0.39 is 0 Å². The Hall–Kier alpha value is -1.31. The minimum Gasteiger partial charge on any atom is -0.329 e. The number of aromatic amines is 1. The maximum Gasteiger partial charge on any atom is 0.251 e. The predicted octanol–water partition coefficient (Wildman–Crippen LogP) is 1.81. The van der Waals surface area contributed by atoms with Gasteiger partial charge in [0, 0.05) is 11.8 Å². The van der Waals surface area contributed by atoms with Crippen molar-refractivity contribution in [2.45, 2.75) is 26.7 Å². The second-order valence-electron chi connectivity index (χ2n) is 3.72. The first kappa shape index (κ1) is 8.30. The highest BCUT2D eigenvalue weighted by atomic mass is 16.1. The van der Waals surface area contributed by atoms with Crippen LogP contribution in [-0.2, 0) is 12.8 Å². The van der Waals surface area contributed by atoms with Gasteiger partial charge in [0.1, 0.15) is 0 Å². The van der Waals surface area contributed by atoms with Crippen LogP contribution >= 0.6 is 0 Å². The highest BCUT2D eigenvalue weighted by Gasteiger charge is 2.14. The Labute approximate surface area is 77.3 Å². The van der Waals surface area contributed by atoms with Gasteiger partial charge in [0.05, 0.1) is 0 Å². The van der Waals surface area contributed by atoms with E-state index in [1.807, 2.05) is 6.07 Å². The van der Waals surface area contributed by atoms with Crippen molar-refractivity contribution in [3.05, 3.63) is 44.9 Å². The second kappa shape index (κ2) is 2.87. The SMILES string of the molecule is CC1=C(C)Cc2c(cc[nH]c2=O)C1. The number of fused-ring (bicyclic) bond motifs is 1. The molecule has 0 aliphatic heterocycles. The average molecular weight is 175 g/mol. The summed E-state index contributed by atoms with van der Waals surface area (Å²) in [7, 11) is 0. The molecule has 1 aromatic heterocycles. The van der Waals surface area contributed by atoms with E-state index in [-0.39, 0.29) is 5.56 Å². The van der Waals surface area contributed by atoms with Gasteiger partial charge >= 0.3 is 0 Å². The van der Waals surface area contributed by atoms with Crippen LogP contribution in [0.3, 0.4) is 0 Å². The second-order valence-corrected chi connectivity index (χ2v) is 3.72. The number of rotatable bonds is 0. The van der Waals surface area contributed by atoms with E-state index in [0.717, 1.165) is 18.4 Å². The molecule has 0 amide bonds. The van der Waals surface area contributed by atoms with Crippen molar-refractivity contribution in [3.8, 4) is 0 Å². The van der Waals surface area contributed by atoms with Crippen molar-refractivity contribution >= 4 is 0 Å². The zero-order chi connectivity index (χ0) is 9.42. The lowest BCUT2D eigenvalue weighted by molar-refractivity contribution is 0.921. The van der Waals surface area contributed by atoms with E-state index in [2.05, 4.69) is 18.8 Å². The third-order valence-electron chi connectivity index (χ3n) is 2.79. The molecule has 0 aromatic carbocycles. The molecule has 0 atom stereocenters. The molecule has 2 rings (SSSR count). The highest BCUT2D eigenvalue weighted by Crippen LogP contribution is 2.22. The molecule has 0 saturated heterocycles. The van der Waals surface area contributed by atoms with E-state index in [0.29, 0.717) is 0 Å². The summed E-state index contributed by atoms with van der Waals surface area (Å²) in [5.41, 5.74) is 4.95. The molecule has 1 N–H and O–H groups in total. The summed E-state index contributed by atoms with van der Waals surface area (Å²) in [6.45, 7) is 4.24. The lowest BCUT2D eigenvalue weighted by Gasteiger charge is -2.17. The molecule has 68 valence electrons. The number of aromatic nitrogens is 1. The molecule has 0 saturated carbocycles. The van der Waals surface area contributed by atoms with Gasteiger partial charge in [-0.3, -0.25) is 4.79 Å². The van der Waals surface area contributed by atoms with Crippen molar-refractivity contribution in [2.75, 3.05) is 0 Å². The van der Waals surface area contributed by atoms with Crippen LogP contribution in [0, 0.1) is 0 Å². The number of allylic oxidation sites excluding steroid dienone is 2. The van der Waals surface area contributed by atoms with Crippen molar-refractivity contribution in [1.82, 2.24) is 4.98 Å². The molecule has 13 heavy (non-hydrogen) atoms. The van der Waals surface area contributed by atoms with Crippen LogP contribution in [0.5, 0.6) is 0 Å². The molecule has 0 radical (unpaired) electrons. The fraction of sp³-hybridized carbons (Fsp3) is 0.364. The Morgan fingerprint density at radius 3 is 2.69 bits per heavy atom. The van der Waals surface area contributed by atoms with Gasteiger partial charge in [-0.05, 0) is 38.3 Å². The molecule has 0 bridgehead atoms. The number of nitrogens with one attached hydrogen (secondary N) is 1. The smallest absolute Gasteiger partial charge is 0.251 e. The minimum atomic E-state index is 0.0735. The van der Waals surface area contributed by atoms with Crippen LogP contribution in [0.15, 0.2) is 28.2 Å². The molecule has 1 aliphatic rings. The lowest BCUT2D eigenvalue weighted by atomic mass is 9.89. The number of pyridine rings is 1. The average Bonchev–Trinajstić information content (AvgIpc) is 2.09. The Kier molecular flexibility index (Phi) is 1.83. The van der Waals surface area contributed by atoms with Gasteiger partial charge < -0.3 is 4.98 Å². The first-order valence-electron chi connectivity index (χ1n) is 4.53. The molecule has 0 unspecified atom stereocenters. The normalized spacial score (nSPS) is 15.8. The minimum absolute atomic E-state index is 0.0735. The topological polar surface area (TPSA) is 32.9 Å². The third kappa shape index (κ3) is 1.32. The lowest BCUT2D eigenvalue weighted by Crippen LogP contribution is -2.19. The van der Waals surface area contributed by atoms with Crippen LogP contribution in [0.25, 0.3) is 0 Å². The van der Waals surface area contributed by atoms with Crippen LogP contribution in [0.2, 0.25) is 0 Å². The Bertz CT molecular complexity index is 426. The maximum atomic E-state index is 11.4. The summed E-state index contributed by atoms with van der Waals surface area (Å²) in [6.07, 6.45) is 3.48. The predicted molar refractivity (Wildman–Crippen MR) is 52.8 cm³/mol. The third-order valence-corrected chi connectivity index (χ3v) is 2.79. The van der Waals surface area contributed by atoms with Gasteiger partial charge in [0.2, 0.25) is 0 Å². The molecule has 1 heterocycles. The molecular formula is C11H13NO. The number of H-pyrrole nitrogens is 1. The van der Waals surface area contributed by atoms with Crippen molar-refractivity contribution < 1.29 is 0 Å². The summed E-state index contributed by atoms with van der Waals surface area (Å²) >= 11 is 0. The number of hydrogen-bond acceptors (Lipinski definition) is 1. The monoisotopic (exact) mass is 175 g/mol. The van der Waals surface area contributed by atoms with Gasteiger partial charge in [-0.15, -0.1) is 0 Å². The largest absolute Gasteiger partial charge is 0.329 e. The maximum absolute atomic E-state index is 11.4. The van der Waals surface area contributed by atoms with Crippen LogP contribution < -0.4 is 5.56 Å². The van der Waals surface area contributed by atoms with Gasteiger partial charge in [0.15, 0.2) is 0 Å². The standard InChI is InChI=1S/C11H13NO/c1-7-5-9-3-4-12-11(13)10(9)6-8(7)2/h3-4H,5-6H2,1-2H3,(H,12,13). The Morgan fingerprint density at radius 1 is 1.23 bits per heavy atom. The van der Waals surface area contributed by atoms with Crippen LogP contribution in [0.1, 0.15) is 25.0 Å². The summed E-state index contributed by atoms with van der Waals surface area (Å²) in [6, 6.07) is 2.01. The van der Waals surface area contributed by atoms with Crippen LogP contribution in [-0.4, -0.2) is 4.98 Å². The Balaban J connectivity index is 2.56. The van der Waals surface area contributed by atoms with E-state index in [1.54, 1.807) is 6.20 Å². The molecule has 1 aromatic rings.